The lowest BCUT2D eigenvalue weighted by molar-refractivity contribution is 0.363. The van der Waals surface area contributed by atoms with Crippen LogP contribution in [-0.4, -0.2) is 26.1 Å². The van der Waals surface area contributed by atoms with Crippen molar-refractivity contribution in [2.75, 3.05) is 14.2 Å². The van der Waals surface area contributed by atoms with Crippen molar-refractivity contribution in [3.05, 3.63) is 0 Å². The molecule has 0 fully saturated rings. The summed E-state index contributed by atoms with van der Waals surface area (Å²) in [6.07, 6.45) is 2.03. The lowest BCUT2D eigenvalue weighted by atomic mass is 10.2. The molecule has 2 N–H and O–H groups in total. The maximum absolute atomic E-state index is 7.31. The maximum Gasteiger partial charge on any atom is 0.197 e. The predicted molar refractivity (Wildman–Crippen MR) is 53.8 cm³/mol. The molecule has 0 saturated carbocycles. The molecule has 0 rings (SSSR count). The van der Waals surface area contributed by atoms with Crippen LogP contribution >= 0.6 is 0 Å². The molecule has 0 aromatic heterocycles. The van der Waals surface area contributed by atoms with Gasteiger partial charge in [0.1, 0.15) is 0 Å². The summed E-state index contributed by atoms with van der Waals surface area (Å²) in [5.41, 5.74) is 0. The molecule has 3 heteroatoms. The minimum Gasteiger partial charge on any atom is -0.483 e. The van der Waals surface area contributed by atoms with Crippen molar-refractivity contribution in [2.45, 2.75) is 39.7 Å². The van der Waals surface area contributed by atoms with E-state index < -0.39 is 0 Å². The second kappa shape index (κ2) is 10.4. The fourth-order valence-corrected chi connectivity index (χ4v) is 0.837. The molecule has 0 heterocycles. The lowest BCUT2D eigenvalue weighted by Crippen LogP contribution is -2.34. The first kappa shape index (κ1) is 14.0. The van der Waals surface area contributed by atoms with Gasteiger partial charge in [0.15, 0.2) is 5.90 Å². The summed E-state index contributed by atoms with van der Waals surface area (Å²) in [5, 5.41) is 10.3. The highest BCUT2D eigenvalue weighted by atomic mass is 16.5. The molecule has 74 valence electrons. The molecule has 1 unspecified atom stereocenters. The van der Waals surface area contributed by atoms with Gasteiger partial charge in [-0.25, -0.2) is 0 Å². The zero-order chi connectivity index (χ0) is 9.98. The fraction of sp³-hybridized carbons (Fsp3) is 0.889. The molecule has 12 heavy (non-hydrogen) atoms. The molecule has 0 saturated heterocycles. The van der Waals surface area contributed by atoms with Gasteiger partial charge in [0, 0.05) is 0 Å². The Morgan fingerprint density at radius 2 is 2.00 bits per heavy atom. The van der Waals surface area contributed by atoms with E-state index in [-0.39, 0.29) is 6.04 Å². The predicted octanol–water partition coefficient (Wildman–Crippen LogP) is 2.02. The molecular formula is C9H22N2O. The Morgan fingerprint density at radius 1 is 1.50 bits per heavy atom. The second-order valence-electron chi connectivity index (χ2n) is 2.20. The van der Waals surface area contributed by atoms with Gasteiger partial charge in [-0.1, -0.05) is 27.2 Å². The summed E-state index contributed by atoms with van der Waals surface area (Å²) in [6.45, 7) is 6.09. The minimum absolute atomic E-state index is 0.0926. The summed E-state index contributed by atoms with van der Waals surface area (Å²) in [4.78, 5) is 0. The number of hydrogen-bond acceptors (Lipinski definition) is 3. The van der Waals surface area contributed by atoms with Crippen LogP contribution in [0.5, 0.6) is 0 Å². The highest BCUT2D eigenvalue weighted by Gasteiger charge is 2.10. The molecule has 3 nitrogen and oxygen atoms in total. The number of nitrogens with one attached hydrogen (secondary N) is 2. The summed E-state index contributed by atoms with van der Waals surface area (Å²) in [7, 11) is 3.37. The van der Waals surface area contributed by atoms with Crippen LogP contribution < -0.4 is 5.32 Å². The van der Waals surface area contributed by atoms with Gasteiger partial charge in [0.05, 0.1) is 13.2 Å². The van der Waals surface area contributed by atoms with Crippen molar-refractivity contribution < 1.29 is 4.74 Å². The molecule has 1 atom stereocenters. The Balaban J connectivity index is 0. The molecule has 0 aliphatic carbocycles. The first-order valence-electron chi connectivity index (χ1n) is 4.56. The van der Waals surface area contributed by atoms with Crippen LogP contribution in [0.2, 0.25) is 0 Å². The standard InChI is InChI=1S/C7H16N2O.C2H6/c1-4-5-6(9-2)7(8)10-3;1-2/h6,8-9H,4-5H2,1-3H3;1-2H3. The molecule has 0 aromatic rings. The SMILES string of the molecule is CC.CCCC(NC)C(=N)OC. The van der Waals surface area contributed by atoms with Gasteiger partial charge in [-0.2, -0.15) is 0 Å². The van der Waals surface area contributed by atoms with Crippen LogP contribution in [0.4, 0.5) is 0 Å². The van der Waals surface area contributed by atoms with Gasteiger partial charge in [-0.3, -0.25) is 5.41 Å². The summed E-state index contributed by atoms with van der Waals surface area (Å²) >= 11 is 0. The van der Waals surface area contributed by atoms with E-state index in [1.54, 1.807) is 0 Å². The van der Waals surface area contributed by atoms with Crippen molar-refractivity contribution >= 4 is 5.90 Å². The first-order chi connectivity index (χ1) is 5.76. The van der Waals surface area contributed by atoms with E-state index in [1.807, 2.05) is 20.9 Å². The smallest absolute Gasteiger partial charge is 0.197 e. The molecule has 0 aliphatic rings. The minimum atomic E-state index is 0.0926. The molecule has 0 amide bonds. The van der Waals surface area contributed by atoms with Crippen LogP contribution in [0.25, 0.3) is 0 Å². The van der Waals surface area contributed by atoms with Crippen LogP contribution in [0.1, 0.15) is 33.6 Å². The third-order valence-corrected chi connectivity index (χ3v) is 1.46. The first-order valence-corrected chi connectivity index (χ1v) is 4.56. The molecule has 0 aliphatic heterocycles. The largest absolute Gasteiger partial charge is 0.483 e. The van der Waals surface area contributed by atoms with Gasteiger partial charge in [-0.15, -0.1) is 0 Å². The van der Waals surface area contributed by atoms with Crippen molar-refractivity contribution in [1.29, 1.82) is 5.41 Å². The summed E-state index contributed by atoms with van der Waals surface area (Å²) < 4.78 is 4.78. The van der Waals surface area contributed by atoms with Crippen molar-refractivity contribution in [3.63, 3.8) is 0 Å². The van der Waals surface area contributed by atoms with E-state index in [1.165, 1.54) is 7.11 Å². The van der Waals surface area contributed by atoms with E-state index in [9.17, 15) is 0 Å². The van der Waals surface area contributed by atoms with E-state index in [4.69, 9.17) is 10.1 Å². The Hall–Kier alpha value is -0.570. The van der Waals surface area contributed by atoms with Crippen LogP contribution in [0, 0.1) is 5.41 Å². The number of ether oxygens (including phenoxy) is 1. The quantitative estimate of drug-likeness (QED) is 0.506. The summed E-state index contributed by atoms with van der Waals surface area (Å²) in [5.74, 6) is 0.323. The maximum atomic E-state index is 7.31. The van der Waals surface area contributed by atoms with E-state index >= 15 is 0 Å². The van der Waals surface area contributed by atoms with Gasteiger partial charge in [0.2, 0.25) is 0 Å². The second-order valence-corrected chi connectivity index (χ2v) is 2.20. The van der Waals surface area contributed by atoms with Crippen LogP contribution in [0.15, 0.2) is 0 Å². The average molecular weight is 174 g/mol. The van der Waals surface area contributed by atoms with Gasteiger partial charge >= 0.3 is 0 Å². The Labute approximate surface area is 76.0 Å². The number of hydrogen-bond donors (Lipinski definition) is 2. The zero-order valence-electron chi connectivity index (χ0n) is 8.90. The molecular weight excluding hydrogens is 152 g/mol. The number of methoxy groups -OCH3 is 1. The average Bonchev–Trinajstić information content (AvgIpc) is 2.16. The van der Waals surface area contributed by atoms with Crippen LogP contribution in [-0.2, 0) is 4.74 Å². The van der Waals surface area contributed by atoms with Crippen LogP contribution in [0.3, 0.4) is 0 Å². The van der Waals surface area contributed by atoms with E-state index in [0.29, 0.717) is 5.90 Å². The van der Waals surface area contributed by atoms with E-state index in [2.05, 4.69) is 12.2 Å². The van der Waals surface area contributed by atoms with Gasteiger partial charge < -0.3 is 10.1 Å². The highest BCUT2D eigenvalue weighted by molar-refractivity contribution is 5.78. The lowest BCUT2D eigenvalue weighted by Gasteiger charge is -2.14. The van der Waals surface area contributed by atoms with Crippen molar-refractivity contribution in [3.8, 4) is 0 Å². The van der Waals surface area contributed by atoms with Gasteiger partial charge in [-0.05, 0) is 13.5 Å². The molecule has 0 radical (unpaired) electrons. The normalized spacial score (nSPS) is 11.1. The highest BCUT2D eigenvalue weighted by Crippen LogP contribution is 1.97. The molecule has 0 bridgehead atoms. The van der Waals surface area contributed by atoms with E-state index in [0.717, 1.165) is 12.8 Å². The number of likely N-dealkylation sites (N-methyl/N-ethyl adjacent to an activating group) is 1. The third kappa shape index (κ3) is 6.16. The monoisotopic (exact) mass is 174 g/mol. The number of rotatable bonds is 4. The van der Waals surface area contributed by atoms with Gasteiger partial charge in [0.25, 0.3) is 0 Å². The van der Waals surface area contributed by atoms with Crippen molar-refractivity contribution in [2.24, 2.45) is 0 Å². The topological polar surface area (TPSA) is 45.1 Å². The Bertz CT molecular complexity index is 105. The Kier molecular flexibility index (Phi) is 12.2. The zero-order valence-corrected chi connectivity index (χ0v) is 8.90. The fourth-order valence-electron chi connectivity index (χ4n) is 0.837. The molecule has 0 spiro atoms. The van der Waals surface area contributed by atoms with Crippen molar-refractivity contribution in [1.82, 2.24) is 5.32 Å². The third-order valence-electron chi connectivity index (χ3n) is 1.46. The molecule has 0 aromatic carbocycles. The summed E-state index contributed by atoms with van der Waals surface area (Å²) in [6, 6.07) is 0.0926. The Morgan fingerprint density at radius 3 is 2.25 bits per heavy atom.